The van der Waals surface area contributed by atoms with E-state index in [1.165, 1.54) is 24.8 Å². The minimum atomic E-state index is 0.471. The molecule has 0 amide bonds. The Balaban J connectivity index is 1.83. The van der Waals surface area contributed by atoms with Crippen LogP contribution in [0, 0.1) is 0 Å². The summed E-state index contributed by atoms with van der Waals surface area (Å²) in [6, 6.07) is 6.78. The molecule has 1 aliphatic rings. The summed E-state index contributed by atoms with van der Waals surface area (Å²) in [5, 5.41) is 5.77. The van der Waals surface area contributed by atoms with Gasteiger partial charge in [-0.3, -0.25) is 4.98 Å². The first-order valence-electron chi connectivity index (χ1n) is 5.66. The van der Waals surface area contributed by atoms with Gasteiger partial charge >= 0.3 is 0 Å². The minimum absolute atomic E-state index is 0.471. The van der Waals surface area contributed by atoms with E-state index in [1.807, 2.05) is 29.8 Å². The molecule has 0 saturated carbocycles. The van der Waals surface area contributed by atoms with Crippen molar-refractivity contribution in [2.75, 3.05) is 5.32 Å². The number of pyridine rings is 1. The molecule has 2 aromatic heterocycles. The first-order chi connectivity index (χ1) is 7.93. The van der Waals surface area contributed by atoms with Gasteiger partial charge in [0, 0.05) is 17.3 Å². The maximum Gasteiger partial charge on any atom is 0.0531 e. The molecule has 0 bridgehead atoms. The van der Waals surface area contributed by atoms with Gasteiger partial charge in [0.05, 0.1) is 11.7 Å². The molecule has 16 heavy (non-hydrogen) atoms. The number of nitrogens with zero attached hydrogens (tertiary/aromatic N) is 1. The van der Waals surface area contributed by atoms with Crippen molar-refractivity contribution >= 4 is 17.0 Å². The van der Waals surface area contributed by atoms with Gasteiger partial charge < -0.3 is 5.32 Å². The van der Waals surface area contributed by atoms with Crippen LogP contribution in [0.2, 0.25) is 0 Å². The summed E-state index contributed by atoms with van der Waals surface area (Å²) >= 11 is 1.88. The molecule has 2 nitrogen and oxygen atoms in total. The van der Waals surface area contributed by atoms with Gasteiger partial charge in [0.1, 0.15) is 0 Å². The van der Waals surface area contributed by atoms with Crippen LogP contribution in [0.3, 0.4) is 0 Å². The topological polar surface area (TPSA) is 24.9 Å². The van der Waals surface area contributed by atoms with Crippen molar-refractivity contribution in [1.82, 2.24) is 4.98 Å². The van der Waals surface area contributed by atoms with Crippen LogP contribution in [0.15, 0.2) is 36.0 Å². The molecule has 2 aromatic rings. The highest BCUT2D eigenvalue weighted by Crippen LogP contribution is 2.35. The van der Waals surface area contributed by atoms with Crippen LogP contribution in [0.1, 0.15) is 29.3 Å². The summed E-state index contributed by atoms with van der Waals surface area (Å²) in [4.78, 5) is 5.68. The molecular weight excluding hydrogens is 216 g/mol. The van der Waals surface area contributed by atoms with E-state index in [-0.39, 0.29) is 0 Å². The number of anilines is 1. The predicted molar refractivity (Wildman–Crippen MR) is 67.9 cm³/mol. The maximum absolute atomic E-state index is 4.13. The number of rotatable bonds is 2. The SMILES string of the molecule is c1cncc(NC2CCCc3sccc32)c1. The predicted octanol–water partition coefficient (Wildman–Crippen LogP) is 3.63. The van der Waals surface area contributed by atoms with Crippen LogP contribution >= 0.6 is 11.3 Å². The Morgan fingerprint density at radius 3 is 3.25 bits per heavy atom. The second-order valence-electron chi connectivity index (χ2n) is 4.13. The van der Waals surface area contributed by atoms with Crippen LogP contribution in [-0.2, 0) is 6.42 Å². The van der Waals surface area contributed by atoms with Crippen molar-refractivity contribution in [2.45, 2.75) is 25.3 Å². The van der Waals surface area contributed by atoms with Crippen molar-refractivity contribution in [2.24, 2.45) is 0 Å². The number of nitrogens with one attached hydrogen (secondary N) is 1. The number of aromatic nitrogens is 1. The van der Waals surface area contributed by atoms with Gasteiger partial charge in [-0.1, -0.05) is 0 Å². The lowest BCUT2D eigenvalue weighted by atomic mass is 9.94. The second-order valence-corrected chi connectivity index (χ2v) is 5.13. The van der Waals surface area contributed by atoms with E-state index in [9.17, 15) is 0 Å². The standard InChI is InChI=1S/C13H14N2S/c1-4-12(11-6-8-16-13(11)5-1)15-10-3-2-7-14-9-10/h2-3,6-9,12,15H,1,4-5H2. The quantitative estimate of drug-likeness (QED) is 0.852. The molecule has 0 aromatic carbocycles. The largest absolute Gasteiger partial charge is 0.377 e. The summed E-state index contributed by atoms with van der Waals surface area (Å²) in [6.07, 6.45) is 7.45. The normalized spacial score (nSPS) is 19.1. The monoisotopic (exact) mass is 230 g/mol. The molecule has 1 atom stereocenters. The van der Waals surface area contributed by atoms with E-state index < -0.39 is 0 Å². The number of aryl methyl sites for hydroxylation is 1. The molecule has 0 fully saturated rings. The first kappa shape index (κ1) is 9.85. The van der Waals surface area contributed by atoms with Gasteiger partial charge in [0.2, 0.25) is 0 Å². The van der Waals surface area contributed by atoms with Crippen LogP contribution in [0.4, 0.5) is 5.69 Å². The van der Waals surface area contributed by atoms with Gasteiger partial charge in [0.25, 0.3) is 0 Å². The highest BCUT2D eigenvalue weighted by Gasteiger charge is 2.20. The van der Waals surface area contributed by atoms with Crippen LogP contribution in [-0.4, -0.2) is 4.98 Å². The van der Waals surface area contributed by atoms with E-state index in [0.717, 1.165) is 5.69 Å². The Morgan fingerprint density at radius 1 is 1.38 bits per heavy atom. The summed E-state index contributed by atoms with van der Waals surface area (Å²) in [7, 11) is 0. The van der Waals surface area contributed by atoms with Crippen LogP contribution < -0.4 is 5.32 Å². The van der Waals surface area contributed by atoms with Gasteiger partial charge in [-0.25, -0.2) is 0 Å². The van der Waals surface area contributed by atoms with E-state index in [2.05, 4.69) is 27.8 Å². The van der Waals surface area contributed by atoms with Crippen LogP contribution in [0.5, 0.6) is 0 Å². The Hall–Kier alpha value is -1.35. The summed E-state index contributed by atoms with van der Waals surface area (Å²) in [6.45, 7) is 0. The first-order valence-corrected chi connectivity index (χ1v) is 6.54. The number of hydrogen-bond donors (Lipinski definition) is 1. The molecule has 1 N–H and O–H groups in total. The van der Waals surface area contributed by atoms with Crippen molar-refractivity contribution in [3.8, 4) is 0 Å². The molecule has 0 aliphatic heterocycles. The Morgan fingerprint density at radius 2 is 2.38 bits per heavy atom. The molecule has 2 heterocycles. The van der Waals surface area contributed by atoms with Crippen LogP contribution in [0.25, 0.3) is 0 Å². The molecule has 82 valence electrons. The molecule has 0 radical (unpaired) electrons. The summed E-state index contributed by atoms with van der Waals surface area (Å²) in [5.41, 5.74) is 2.60. The number of thiophene rings is 1. The lowest BCUT2D eigenvalue weighted by molar-refractivity contribution is 0.608. The molecule has 3 heteroatoms. The van der Waals surface area contributed by atoms with Gasteiger partial charge in [-0.2, -0.15) is 0 Å². The fraction of sp³-hybridized carbons (Fsp3) is 0.308. The average Bonchev–Trinajstić information content (AvgIpc) is 2.80. The molecule has 1 aliphatic carbocycles. The third-order valence-corrected chi connectivity index (χ3v) is 4.05. The van der Waals surface area contributed by atoms with Crippen molar-refractivity contribution in [3.05, 3.63) is 46.4 Å². The lowest BCUT2D eigenvalue weighted by Crippen LogP contribution is -2.15. The smallest absolute Gasteiger partial charge is 0.0531 e. The Kier molecular flexibility index (Phi) is 2.62. The van der Waals surface area contributed by atoms with Gasteiger partial charge in [-0.15, -0.1) is 11.3 Å². The van der Waals surface area contributed by atoms with Crippen molar-refractivity contribution in [3.63, 3.8) is 0 Å². The van der Waals surface area contributed by atoms with Crippen molar-refractivity contribution < 1.29 is 0 Å². The van der Waals surface area contributed by atoms with E-state index in [1.54, 1.807) is 4.88 Å². The molecule has 3 rings (SSSR count). The zero-order valence-corrected chi connectivity index (χ0v) is 9.83. The fourth-order valence-electron chi connectivity index (χ4n) is 2.29. The second kappa shape index (κ2) is 4.26. The lowest BCUT2D eigenvalue weighted by Gasteiger charge is -2.24. The Labute approximate surface area is 99.4 Å². The highest BCUT2D eigenvalue weighted by molar-refractivity contribution is 7.10. The Bertz CT molecular complexity index is 464. The number of fused-ring (bicyclic) bond motifs is 1. The zero-order chi connectivity index (χ0) is 10.8. The van der Waals surface area contributed by atoms with E-state index >= 15 is 0 Å². The minimum Gasteiger partial charge on any atom is -0.377 e. The highest BCUT2D eigenvalue weighted by atomic mass is 32.1. The van der Waals surface area contributed by atoms with E-state index in [0.29, 0.717) is 6.04 Å². The van der Waals surface area contributed by atoms with Gasteiger partial charge in [-0.05, 0) is 48.4 Å². The third-order valence-electron chi connectivity index (χ3n) is 3.05. The average molecular weight is 230 g/mol. The van der Waals surface area contributed by atoms with Crippen molar-refractivity contribution in [1.29, 1.82) is 0 Å². The molecular formula is C13H14N2S. The zero-order valence-electron chi connectivity index (χ0n) is 9.02. The third kappa shape index (κ3) is 1.83. The number of hydrogen-bond acceptors (Lipinski definition) is 3. The molecule has 0 saturated heterocycles. The fourth-order valence-corrected chi connectivity index (χ4v) is 3.27. The summed E-state index contributed by atoms with van der Waals surface area (Å²) < 4.78 is 0. The summed E-state index contributed by atoms with van der Waals surface area (Å²) in [5.74, 6) is 0. The van der Waals surface area contributed by atoms with E-state index in [4.69, 9.17) is 0 Å². The van der Waals surface area contributed by atoms with Gasteiger partial charge in [0.15, 0.2) is 0 Å². The molecule has 1 unspecified atom stereocenters. The molecule has 0 spiro atoms. The maximum atomic E-state index is 4.13.